The average Bonchev–Trinajstić information content (AvgIpc) is 3.10. The van der Waals surface area contributed by atoms with E-state index in [-0.39, 0.29) is 24.0 Å². The molecule has 0 atom stereocenters. The van der Waals surface area contributed by atoms with Crippen molar-refractivity contribution in [3.8, 4) is 0 Å². The van der Waals surface area contributed by atoms with Gasteiger partial charge in [0.2, 0.25) is 0 Å². The average molecular weight is 484 g/mol. The molecule has 1 N–H and O–H groups in total. The standard InChI is InChI=1S/C21H32N4O.HI/c1-22-20(25-9-8-21(17-25)6-3-7-21)23-15-18-4-2-5-19(14-18)16-24-10-12-26-13-11-24;/h2,4-5,14H,3,6-13,15-17H2,1H3,(H,22,23);1H. The summed E-state index contributed by atoms with van der Waals surface area (Å²) in [7, 11) is 1.91. The minimum atomic E-state index is 0. The van der Waals surface area contributed by atoms with E-state index in [1.165, 1.54) is 43.4 Å². The number of hydrogen-bond donors (Lipinski definition) is 1. The van der Waals surface area contributed by atoms with E-state index < -0.39 is 0 Å². The quantitative estimate of drug-likeness (QED) is 0.405. The monoisotopic (exact) mass is 484 g/mol. The van der Waals surface area contributed by atoms with Crippen LogP contribution in [0.2, 0.25) is 0 Å². The van der Waals surface area contributed by atoms with Gasteiger partial charge < -0.3 is 15.0 Å². The van der Waals surface area contributed by atoms with Crippen LogP contribution in [0.1, 0.15) is 36.8 Å². The fourth-order valence-electron chi connectivity index (χ4n) is 4.57. The molecular formula is C21H33IN4O. The first-order valence-corrected chi connectivity index (χ1v) is 10.1. The van der Waals surface area contributed by atoms with Gasteiger partial charge in [0, 0.05) is 46.3 Å². The maximum absolute atomic E-state index is 5.44. The minimum absolute atomic E-state index is 0. The van der Waals surface area contributed by atoms with Gasteiger partial charge in [0.15, 0.2) is 5.96 Å². The van der Waals surface area contributed by atoms with Crippen molar-refractivity contribution in [3.63, 3.8) is 0 Å². The Hall–Kier alpha value is -0.860. The van der Waals surface area contributed by atoms with Crippen LogP contribution in [0.3, 0.4) is 0 Å². The first-order valence-electron chi connectivity index (χ1n) is 10.1. The molecule has 0 unspecified atom stereocenters. The second-order valence-corrected chi connectivity index (χ2v) is 8.13. The summed E-state index contributed by atoms with van der Waals surface area (Å²) >= 11 is 0. The highest BCUT2D eigenvalue weighted by Gasteiger charge is 2.43. The van der Waals surface area contributed by atoms with Crippen LogP contribution in [0.25, 0.3) is 0 Å². The highest BCUT2D eigenvalue weighted by Crippen LogP contribution is 2.47. The summed E-state index contributed by atoms with van der Waals surface area (Å²) in [6.07, 6.45) is 5.56. The van der Waals surface area contributed by atoms with E-state index in [0.29, 0.717) is 5.41 Å². The predicted octanol–water partition coefficient (Wildman–Crippen LogP) is 3.09. The summed E-state index contributed by atoms with van der Waals surface area (Å²) in [6, 6.07) is 8.94. The van der Waals surface area contributed by atoms with Crippen molar-refractivity contribution < 1.29 is 4.74 Å². The molecule has 27 heavy (non-hydrogen) atoms. The highest BCUT2D eigenvalue weighted by molar-refractivity contribution is 14.0. The molecule has 0 aromatic heterocycles. The molecule has 150 valence electrons. The van der Waals surface area contributed by atoms with Crippen molar-refractivity contribution >= 4 is 29.9 Å². The molecular weight excluding hydrogens is 451 g/mol. The fourth-order valence-corrected chi connectivity index (χ4v) is 4.57. The zero-order valence-electron chi connectivity index (χ0n) is 16.5. The number of morpholine rings is 1. The molecule has 4 rings (SSSR count). The SMILES string of the molecule is CN=C(NCc1cccc(CN2CCOCC2)c1)N1CCC2(CCC2)C1.I. The topological polar surface area (TPSA) is 40.1 Å². The normalized spacial score (nSPS) is 22.4. The number of ether oxygens (including phenoxy) is 1. The number of benzene rings is 1. The second-order valence-electron chi connectivity index (χ2n) is 8.13. The van der Waals surface area contributed by atoms with Crippen molar-refractivity contribution in [2.45, 2.75) is 38.8 Å². The highest BCUT2D eigenvalue weighted by atomic mass is 127. The molecule has 3 aliphatic rings. The van der Waals surface area contributed by atoms with Crippen LogP contribution < -0.4 is 5.32 Å². The van der Waals surface area contributed by atoms with E-state index in [2.05, 4.69) is 44.4 Å². The Morgan fingerprint density at radius 1 is 1.15 bits per heavy atom. The summed E-state index contributed by atoms with van der Waals surface area (Å²) in [5.41, 5.74) is 3.32. The lowest BCUT2D eigenvalue weighted by molar-refractivity contribution is 0.0342. The molecule has 1 spiro atoms. The Bertz CT molecular complexity index is 641. The Labute approximate surface area is 180 Å². The third kappa shape index (κ3) is 5.15. The Kier molecular flexibility index (Phi) is 7.39. The fraction of sp³-hybridized carbons (Fsp3) is 0.667. The lowest BCUT2D eigenvalue weighted by Gasteiger charge is -2.38. The maximum atomic E-state index is 5.44. The van der Waals surface area contributed by atoms with Gasteiger partial charge in [-0.1, -0.05) is 30.7 Å². The zero-order valence-corrected chi connectivity index (χ0v) is 18.8. The molecule has 1 aromatic rings. The van der Waals surface area contributed by atoms with Gasteiger partial charge in [0.05, 0.1) is 13.2 Å². The lowest BCUT2D eigenvalue weighted by Crippen LogP contribution is -2.42. The lowest BCUT2D eigenvalue weighted by atomic mass is 9.68. The summed E-state index contributed by atoms with van der Waals surface area (Å²) in [5.74, 6) is 1.06. The molecule has 2 aliphatic heterocycles. The number of hydrogen-bond acceptors (Lipinski definition) is 3. The van der Waals surface area contributed by atoms with Crippen molar-refractivity contribution in [1.82, 2.24) is 15.1 Å². The van der Waals surface area contributed by atoms with E-state index in [1.54, 1.807) is 0 Å². The number of aliphatic imine (C=N–C) groups is 1. The van der Waals surface area contributed by atoms with Crippen LogP contribution in [-0.4, -0.2) is 62.2 Å². The maximum Gasteiger partial charge on any atom is 0.193 e. The number of guanidine groups is 1. The summed E-state index contributed by atoms with van der Waals surface area (Å²) in [5, 5.41) is 3.59. The van der Waals surface area contributed by atoms with Crippen molar-refractivity contribution in [2.24, 2.45) is 10.4 Å². The van der Waals surface area contributed by atoms with Crippen molar-refractivity contribution in [2.75, 3.05) is 46.4 Å². The Morgan fingerprint density at radius 3 is 2.59 bits per heavy atom. The third-order valence-corrected chi connectivity index (χ3v) is 6.32. The molecule has 2 heterocycles. The zero-order chi connectivity index (χ0) is 17.8. The summed E-state index contributed by atoms with van der Waals surface area (Å²) in [6.45, 7) is 7.97. The van der Waals surface area contributed by atoms with Crippen LogP contribution >= 0.6 is 24.0 Å². The van der Waals surface area contributed by atoms with Gasteiger partial charge in [-0.25, -0.2) is 0 Å². The minimum Gasteiger partial charge on any atom is -0.379 e. The molecule has 1 saturated carbocycles. The van der Waals surface area contributed by atoms with E-state index in [0.717, 1.165) is 51.9 Å². The number of likely N-dealkylation sites (tertiary alicyclic amines) is 1. The first-order chi connectivity index (χ1) is 12.8. The van der Waals surface area contributed by atoms with E-state index >= 15 is 0 Å². The second kappa shape index (κ2) is 9.56. The van der Waals surface area contributed by atoms with Crippen molar-refractivity contribution in [3.05, 3.63) is 35.4 Å². The number of nitrogens with zero attached hydrogens (tertiary/aromatic N) is 3. The molecule has 0 bridgehead atoms. The Balaban J connectivity index is 0.00000210. The largest absolute Gasteiger partial charge is 0.379 e. The van der Waals surface area contributed by atoms with Crippen LogP contribution in [0, 0.1) is 5.41 Å². The molecule has 2 saturated heterocycles. The van der Waals surface area contributed by atoms with Crippen LogP contribution in [0.4, 0.5) is 0 Å². The van der Waals surface area contributed by atoms with Gasteiger partial charge in [-0.2, -0.15) is 0 Å². The smallest absolute Gasteiger partial charge is 0.193 e. The summed E-state index contributed by atoms with van der Waals surface area (Å²) < 4.78 is 5.44. The van der Waals surface area contributed by atoms with Gasteiger partial charge in [0.25, 0.3) is 0 Å². The Morgan fingerprint density at radius 2 is 1.93 bits per heavy atom. The third-order valence-electron chi connectivity index (χ3n) is 6.32. The van der Waals surface area contributed by atoms with Gasteiger partial charge in [-0.3, -0.25) is 9.89 Å². The van der Waals surface area contributed by atoms with Gasteiger partial charge >= 0.3 is 0 Å². The van der Waals surface area contributed by atoms with Crippen molar-refractivity contribution in [1.29, 1.82) is 0 Å². The van der Waals surface area contributed by atoms with E-state index in [4.69, 9.17) is 4.74 Å². The number of nitrogens with one attached hydrogen (secondary N) is 1. The molecule has 5 nitrogen and oxygen atoms in total. The molecule has 1 aromatic carbocycles. The molecule has 1 aliphatic carbocycles. The van der Waals surface area contributed by atoms with Gasteiger partial charge in [0.1, 0.15) is 0 Å². The molecule has 0 radical (unpaired) electrons. The van der Waals surface area contributed by atoms with Crippen LogP contribution in [0.15, 0.2) is 29.3 Å². The molecule has 6 heteroatoms. The first kappa shape index (κ1) is 20.9. The van der Waals surface area contributed by atoms with E-state index in [9.17, 15) is 0 Å². The van der Waals surface area contributed by atoms with Crippen LogP contribution in [0.5, 0.6) is 0 Å². The summed E-state index contributed by atoms with van der Waals surface area (Å²) in [4.78, 5) is 9.46. The molecule has 3 fully saturated rings. The molecule has 0 amide bonds. The van der Waals surface area contributed by atoms with E-state index in [1.807, 2.05) is 7.05 Å². The predicted molar refractivity (Wildman–Crippen MR) is 121 cm³/mol. The number of halogens is 1. The van der Waals surface area contributed by atoms with Crippen LogP contribution in [-0.2, 0) is 17.8 Å². The number of rotatable bonds is 4. The van der Waals surface area contributed by atoms with Gasteiger partial charge in [-0.05, 0) is 35.8 Å². The van der Waals surface area contributed by atoms with Gasteiger partial charge in [-0.15, -0.1) is 24.0 Å².